The first-order valence-electron chi connectivity index (χ1n) is 9.14. The van der Waals surface area contributed by atoms with Crippen molar-refractivity contribution in [2.24, 2.45) is 16.3 Å². The van der Waals surface area contributed by atoms with Gasteiger partial charge in [0, 0.05) is 52.2 Å². The summed E-state index contributed by atoms with van der Waals surface area (Å²) < 4.78 is 10.9. The first-order chi connectivity index (χ1) is 11.9. The Hall–Kier alpha value is -0.610. The van der Waals surface area contributed by atoms with E-state index in [4.69, 9.17) is 9.47 Å². The maximum absolute atomic E-state index is 11.9. The summed E-state index contributed by atoms with van der Waals surface area (Å²) in [7, 11) is 6.93. The third-order valence-corrected chi connectivity index (χ3v) is 5.52. The number of nitrogens with zero attached hydrogens (tertiary/aromatic N) is 2. The van der Waals surface area contributed by atoms with Gasteiger partial charge < -0.3 is 25.0 Å². The molecule has 1 fully saturated rings. The third kappa shape index (κ3) is 5.69. The van der Waals surface area contributed by atoms with Crippen LogP contribution < -0.4 is 10.6 Å². The molecule has 1 aliphatic carbocycles. The van der Waals surface area contributed by atoms with Gasteiger partial charge in [-0.3, -0.25) is 4.79 Å². The molecule has 0 bridgehead atoms. The molecule has 0 radical (unpaired) electrons. The second-order valence-corrected chi connectivity index (χ2v) is 6.95. The molecular weight excluding hydrogens is 447 g/mol. The van der Waals surface area contributed by atoms with Gasteiger partial charge in [0.2, 0.25) is 5.91 Å². The number of methoxy groups -OCH3 is 2. The highest BCUT2D eigenvalue weighted by molar-refractivity contribution is 14.0. The molecule has 1 saturated carbocycles. The number of halogens is 1. The maximum Gasteiger partial charge on any atom is 0.243 e. The second kappa shape index (κ2) is 12.0. The molecule has 0 aromatic rings. The highest BCUT2D eigenvalue weighted by Crippen LogP contribution is 2.52. The molecule has 3 atom stereocenters. The van der Waals surface area contributed by atoms with Gasteiger partial charge in [-0.25, -0.2) is 4.99 Å². The van der Waals surface area contributed by atoms with Crippen molar-refractivity contribution < 1.29 is 14.3 Å². The normalized spacial score (nSPS) is 24.3. The van der Waals surface area contributed by atoms with Crippen LogP contribution in [0.2, 0.25) is 0 Å². The minimum Gasteiger partial charge on any atom is -0.383 e. The monoisotopic (exact) mass is 484 g/mol. The van der Waals surface area contributed by atoms with E-state index in [1.807, 2.05) is 0 Å². The Morgan fingerprint density at radius 2 is 1.85 bits per heavy atom. The predicted molar refractivity (Wildman–Crippen MR) is 116 cm³/mol. The van der Waals surface area contributed by atoms with E-state index >= 15 is 0 Å². The Kier molecular flexibility index (Phi) is 11.7. The molecule has 0 heterocycles. The minimum atomic E-state index is -0.0264. The lowest BCUT2D eigenvalue weighted by atomic mass is 9.53. The average molecular weight is 484 g/mol. The summed E-state index contributed by atoms with van der Waals surface area (Å²) in [6.07, 6.45) is 2.31. The van der Waals surface area contributed by atoms with Crippen molar-refractivity contribution in [1.29, 1.82) is 0 Å². The van der Waals surface area contributed by atoms with Crippen molar-refractivity contribution in [3.05, 3.63) is 0 Å². The van der Waals surface area contributed by atoms with Crippen molar-refractivity contribution in [2.75, 3.05) is 48.0 Å². The molecule has 1 aliphatic rings. The molecule has 26 heavy (non-hydrogen) atoms. The Morgan fingerprint density at radius 3 is 2.31 bits per heavy atom. The van der Waals surface area contributed by atoms with Crippen molar-refractivity contribution in [1.82, 2.24) is 15.5 Å². The molecular formula is C18H37IN4O3. The fourth-order valence-electron chi connectivity index (χ4n) is 3.96. The lowest BCUT2D eigenvalue weighted by molar-refractivity contribution is -0.163. The van der Waals surface area contributed by atoms with E-state index in [1.165, 1.54) is 0 Å². The number of aliphatic imine (C=N–C) groups is 1. The van der Waals surface area contributed by atoms with Crippen LogP contribution in [0.5, 0.6) is 0 Å². The fourth-order valence-corrected chi connectivity index (χ4v) is 3.96. The molecule has 7 nitrogen and oxygen atoms in total. The van der Waals surface area contributed by atoms with Crippen LogP contribution in [-0.2, 0) is 14.3 Å². The number of amides is 1. The first kappa shape index (κ1) is 25.4. The predicted octanol–water partition coefficient (Wildman–Crippen LogP) is 1.71. The number of guanidine groups is 1. The molecule has 8 heteroatoms. The Bertz CT molecular complexity index is 456. The van der Waals surface area contributed by atoms with Gasteiger partial charge in [0.25, 0.3) is 0 Å². The summed E-state index contributed by atoms with van der Waals surface area (Å²) in [5, 5.41) is 6.80. The van der Waals surface area contributed by atoms with Crippen molar-refractivity contribution in [3.63, 3.8) is 0 Å². The van der Waals surface area contributed by atoms with Gasteiger partial charge in [-0.05, 0) is 12.8 Å². The molecule has 3 unspecified atom stereocenters. The van der Waals surface area contributed by atoms with Crippen LogP contribution in [0.25, 0.3) is 0 Å². The molecule has 2 N–H and O–H groups in total. The van der Waals surface area contributed by atoms with Crippen LogP contribution in [0.4, 0.5) is 0 Å². The third-order valence-electron chi connectivity index (χ3n) is 5.52. The summed E-state index contributed by atoms with van der Waals surface area (Å²) in [6, 6.07) is 0.260. The van der Waals surface area contributed by atoms with Crippen LogP contribution in [0, 0.1) is 11.3 Å². The number of carbonyl (C=O) groups excluding carboxylic acids is 1. The Morgan fingerprint density at radius 1 is 1.23 bits per heavy atom. The zero-order valence-corrected chi connectivity index (χ0v) is 19.6. The van der Waals surface area contributed by atoms with Crippen molar-refractivity contribution >= 4 is 35.8 Å². The number of nitrogens with one attached hydrogen (secondary N) is 2. The zero-order valence-electron chi connectivity index (χ0n) is 17.3. The first-order valence-corrected chi connectivity index (χ1v) is 9.14. The molecule has 0 spiro atoms. The topological polar surface area (TPSA) is 75.2 Å². The molecule has 0 aliphatic heterocycles. The van der Waals surface area contributed by atoms with Crippen LogP contribution >= 0.6 is 24.0 Å². The number of hydrogen-bond acceptors (Lipinski definition) is 4. The minimum absolute atomic E-state index is 0. The fraction of sp³-hybridized carbons (Fsp3) is 0.889. The summed E-state index contributed by atoms with van der Waals surface area (Å²) in [5.74, 6) is 1.01. The molecule has 0 aromatic carbocycles. The van der Waals surface area contributed by atoms with E-state index in [9.17, 15) is 4.79 Å². The van der Waals surface area contributed by atoms with E-state index in [2.05, 4.69) is 36.4 Å². The quantitative estimate of drug-likeness (QED) is 0.226. The number of carbonyl (C=O) groups is 1. The van der Waals surface area contributed by atoms with Gasteiger partial charge in [0.05, 0.1) is 12.7 Å². The molecule has 0 aromatic heterocycles. The number of ether oxygens (including phenoxy) is 2. The lowest BCUT2D eigenvalue weighted by Crippen LogP contribution is -2.71. The molecule has 154 valence electrons. The molecule has 0 saturated heterocycles. The van der Waals surface area contributed by atoms with Gasteiger partial charge in [-0.1, -0.05) is 20.8 Å². The highest BCUT2D eigenvalue weighted by Gasteiger charge is 2.58. The average Bonchev–Trinajstić information content (AvgIpc) is 2.60. The van der Waals surface area contributed by atoms with E-state index in [0.717, 1.165) is 12.8 Å². The largest absolute Gasteiger partial charge is 0.383 e. The number of rotatable bonds is 9. The van der Waals surface area contributed by atoms with Gasteiger partial charge in [-0.15, -0.1) is 24.0 Å². The summed E-state index contributed by atoms with van der Waals surface area (Å²) in [5.41, 5.74) is 0.0867. The Balaban J connectivity index is 0.00000625. The number of hydrogen-bond donors (Lipinski definition) is 2. The summed E-state index contributed by atoms with van der Waals surface area (Å²) in [6.45, 7) is 7.96. The summed E-state index contributed by atoms with van der Waals surface area (Å²) in [4.78, 5) is 17.9. The Labute approximate surface area is 175 Å². The van der Waals surface area contributed by atoms with Crippen LogP contribution in [0.1, 0.15) is 33.6 Å². The highest BCUT2D eigenvalue weighted by atomic mass is 127. The van der Waals surface area contributed by atoms with Crippen molar-refractivity contribution in [3.8, 4) is 0 Å². The molecule has 1 amide bonds. The second-order valence-electron chi connectivity index (χ2n) is 6.95. The van der Waals surface area contributed by atoms with E-state index in [0.29, 0.717) is 25.0 Å². The lowest BCUT2D eigenvalue weighted by Gasteiger charge is -2.60. The number of likely N-dealkylation sites (N-methyl/N-ethyl adjacent to an activating group) is 1. The van der Waals surface area contributed by atoms with E-state index in [1.54, 1.807) is 33.2 Å². The van der Waals surface area contributed by atoms with Crippen molar-refractivity contribution in [2.45, 2.75) is 45.8 Å². The van der Waals surface area contributed by atoms with Gasteiger partial charge in [-0.2, -0.15) is 0 Å². The SMILES string of the molecule is CCC1(CC)C(NC(=NCC(=O)N(C)C)NCCOC)C(C)C1OC.I. The van der Waals surface area contributed by atoms with Gasteiger partial charge in [0.15, 0.2) is 5.96 Å². The van der Waals surface area contributed by atoms with Crippen LogP contribution in [0.3, 0.4) is 0 Å². The standard InChI is InChI=1S/C18H36N4O3.HI/c1-8-18(9-2)15(13(3)16(18)25-7)21-17(19-10-11-24-6)20-12-14(23)22(4)5;/h13,15-16H,8-12H2,1-7H3,(H2,19,20,21);1H. The van der Waals surface area contributed by atoms with Gasteiger partial charge >= 0.3 is 0 Å². The zero-order chi connectivity index (χ0) is 19.0. The maximum atomic E-state index is 11.9. The smallest absolute Gasteiger partial charge is 0.243 e. The van der Waals surface area contributed by atoms with Crippen LogP contribution in [-0.4, -0.2) is 76.9 Å². The summed E-state index contributed by atoms with van der Waals surface area (Å²) >= 11 is 0. The molecule has 1 rings (SSSR count). The van der Waals surface area contributed by atoms with E-state index in [-0.39, 0.29) is 54.0 Å². The van der Waals surface area contributed by atoms with E-state index < -0.39 is 0 Å². The van der Waals surface area contributed by atoms with Crippen LogP contribution in [0.15, 0.2) is 4.99 Å². The van der Waals surface area contributed by atoms with Gasteiger partial charge in [0.1, 0.15) is 6.54 Å².